The van der Waals surface area contributed by atoms with Gasteiger partial charge in [0.2, 0.25) is 0 Å². The molecule has 21 heavy (non-hydrogen) atoms. The highest BCUT2D eigenvalue weighted by Crippen LogP contribution is 2.29. The number of nitrogens with one attached hydrogen (secondary N) is 1. The summed E-state index contributed by atoms with van der Waals surface area (Å²) in [5, 5.41) is 4.06. The van der Waals surface area contributed by atoms with Crippen molar-refractivity contribution in [2.75, 3.05) is 6.54 Å². The van der Waals surface area contributed by atoms with Crippen molar-refractivity contribution in [3.05, 3.63) is 51.7 Å². The molecular weight excluding hydrogens is 352 g/mol. The summed E-state index contributed by atoms with van der Waals surface area (Å²) in [4.78, 5) is 4.10. The van der Waals surface area contributed by atoms with E-state index in [0.717, 1.165) is 28.9 Å². The zero-order chi connectivity index (χ0) is 15.2. The SMILES string of the molecule is CC(C)CNCc1ccc(Cl)cc1Oc1cncc(Br)c1. The van der Waals surface area contributed by atoms with Gasteiger partial charge >= 0.3 is 0 Å². The minimum Gasteiger partial charge on any atom is -0.455 e. The van der Waals surface area contributed by atoms with Crippen LogP contribution in [0.15, 0.2) is 41.1 Å². The lowest BCUT2D eigenvalue weighted by Gasteiger charge is -2.13. The Balaban J connectivity index is 2.15. The van der Waals surface area contributed by atoms with Crippen LogP contribution in [0.4, 0.5) is 0 Å². The Morgan fingerprint density at radius 2 is 2.10 bits per heavy atom. The molecule has 1 aromatic carbocycles. The molecule has 2 rings (SSSR count). The largest absolute Gasteiger partial charge is 0.455 e. The predicted octanol–water partition coefficient (Wildman–Crippen LogP) is 5.04. The lowest BCUT2D eigenvalue weighted by atomic mass is 10.2. The van der Waals surface area contributed by atoms with Gasteiger partial charge in [0.25, 0.3) is 0 Å². The van der Waals surface area contributed by atoms with Crippen LogP contribution in [0.2, 0.25) is 5.02 Å². The van der Waals surface area contributed by atoms with Gasteiger partial charge in [-0.2, -0.15) is 0 Å². The highest BCUT2D eigenvalue weighted by molar-refractivity contribution is 9.10. The van der Waals surface area contributed by atoms with Crippen LogP contribution in [0.5, 0.6) is 11.5 Å². The predicted molar refractivity (Wildman–Crippen MR) is 90.0 cm³/mol. The van der Waals surface area contributed by atoms with Crippen LogP contribution in [0.3, 0.4) is 0 Å². The number of aromatic nitrogens is 1. The van der Waals surface area contributed by atoms with E-state index in [9.17, 15) is 0 Å². The van der Waals surface area contributed by atoms with E-state index >= 15 is 0 Å². The fourth-order valence-corrected chi connectivity index (χ4v) is 2.35. The number of nitrogens with zero attached hydrogens (tertiary/aromatic N) is 1. The highest BCUT2D eigenvalue weighted by atomic mass is 79.9. The van der Waals surface area contributed by atoms with Crippen molar-refractivity contribution in [1.29, 1.82) is 0 Å². The van der Waals surface area contributed by atoms with E-state index in [1.165, 1.54) is 0 Å². The van der Waals surface area contributed by atoms with Crippen LogP contribution >= 0.6 is 27.5 Å². The monoisotopic (exact) mass is 368 g/mol. The van der Waals surface area contributed by atoms with Gasteiger partial charge in [0.15, 0.2) is 0 Å². The molecule has 1 heterocycles. The average molecular weight is 370 g/mol. The molecule has 1 N–H and O–H groups in total. The third-order valence-corrected chi connectivity index (χ3v) is 3.47. The molecule has 0 fully saturated rings. The highest BCUT2D eigenvalue weighted by Gasteiger charge is 2.07. The van der Waals surface area contributed by atoms with Gasteiger partial charge in [-0.15, -0.1) is 0 Å². The Kier molecular flexibility index (Phi) is 6.03. The Bertz CT molecular complexity index is 605. The third kappa shape index (κ3) is 5.30. The smallest absolute Gasteiger partial charge is 0.146 e. The molecule has 0 radical (unpaired) electrons. The first kappa shape index (κ1) is 16.3. The van der Waals surface area contributed by atoms with Crippen LogP contribution in [-0.2, 0) is 6.54 Å². The van der Waals surface area contributed by atoms with Crippen LogP contribution < -0.4 is 10.1 Å². The summed E-state index contributed by atoms with van der Waals surface area (Å²) in [6.07, 6.45) is 3.40. The molecule has 0 aliphatic carbocycles. The van der Waals surface area contributed by atoms with Crippen LogP contribution in [0, 0.1) is 5.92 Å². The van der Waals surface area contributed by atoms with Crippen molar-refractivity contribution >= 4 is 27.5 Å². The summed E-state index contributed by atoms with van der Waals surface area (Å²) in [5.41, 5.74) is 1.07. The number of benzene rings is 1. The van der Waals surface area contributed by atoms with Crippen LogP contribution in [0.25, 0.3) is 0 Å². The maximum Gasteiger partial charge on any atom is 0.146 e. The summed E-state index contributed by atoms with van der Waals surface area (Å²) in [6, 6.07) is 7.56. The molecule has 1 aromatic heterocycles. The van der Waals surface area contributed by atoms with E-state index in [2.05, 4.69) is 40.1 Å². The van der Waals surface area contributed by atoms with E-state index in [-0.39, 0.29) is 0 Å². The molecular formula is C16H18BrClN2O. The molecule has 0 bridgehead atoms. The van der Waals surface area contributed by atoms with Gasteiger partial charge in [-0.3, -0.25) is 4.98 Å². The summed E-state index contributed by atoms with van der Waals surface area (Å²) in [6.45, 7) is 6.06. The molecule has 5 heteroatoms. The Morgan fingerprint density at radius 3 is 2.81 bits per heavy atom. The van der Waals surface area contributed by atoms with E-state index in [4.69, 9.17) is 16.3 Å². The average Bonchev–Trinajstić information content (AvgIpc) is 2.41. The number of rotatable bonds is 6. The van der Waals surface area contributed by atoms with Gasteiger partial charge in [0, 0.05) is 27.8 Å². The Hall–Kier alpha value is -1.10. The summed E-state index contributed by atoms with van der Waals surface area (Å²) < 4.78 is 6.79. The van der Waals surface area contributed by atoms with Gasteiger partial charge in [0.05, 0.1) is 6.20 Å². The summed E-state index contributed by atoms with van der Waals surface area (Å²) in [7, 11) is 0. The first-order valence-corrected chi connectivity index (χ1v) is 7.99. The minimum absolute atomic E-state index is 0.607. The molecule has 0 amide bonds. The van der Waals surface area contributed by atoms with Crippen molar-refractivity contribution < 1.29 is 4.74 Å². The summed E-state index contributed by atoms with van der Waals surface area (Å²) >= 11 is 9.46. The molecule has 0 atom stereocenters. The van der Waals surface area contributed by atoms with Crippen LogP contribution in [-0.4, -0.2) is 11.5 Å². The van der Waals surface area contributed by atoms with Crippen LogP contribution in [0.1, 0.15) is 19.4 Å². The second-order valence-corrected chi connectivity index (χ2v) is 6.57. The fraction of sp³-hybridized carbons (Fsp3) is 0.312. The van der Waals surface area contributed by atoms with Crippen molar-refractivity contribution in [3.63, 3.8) is 0 Å². The van der Waals surface area contributed by atoms with Gasteiger partial charge in [-0.25, -0.2) is 0 Å². The summed E-state index contributed by atoms with van der Waals surface area (Å²) in [5.74, 6) is 2.03. The van der Waals surface area contributed by atoms with Gasteiger partial charge in [-0.1, -0.05) is 31.5 Å². The Morgan fingerprint density at radius 1 is 1.29 bits per heavy atom. The zero-order valence-corrected chi connectivity index (χ0v) is 14.4. The topological polar surface area (TPSA) is 34.1 Å². The van der Waals surface area contributed by atoms with Gasteiger partial charge in [0.1, 0.15) is 11.5 Å². The fourth-order valence-electron chi connectivity index (χ4n) is 1.84. The standard InChI is InChI=1S/C16H18BrClN2O/c1-11(2)7-19-8-12-3-4-14(18)6-16(12)21-15-5-13(17)9-20-10-15/h3-6,9-11,19H,7-8H2,1-2H3. The molecule has 0 unspecified atom stereocenters. The molecule has 0 aliphatic rings. The van der Waals surface area contributed by atoms with Crippen molar-refractivity contribution in [3.8, 4) is 11.5 Å². The lowest BCUT2D eigenvalue weighted by Crippen LogP contribution is -2.19. The molecule has 2 aromatic rings. The third-order valence-electron chi connectivity index (χ3n) is 2.80. The van der Waals surface area contributed by atoms with Crippen molar-refractivity contribution in [2.24, 2.45) is 5.92 Å². The number of hydrogen-bond donors (Lipinski definition) is 1. The maximum absolute atomic E-state index is 6.07. The molecule has 0 spiro atoms. The van der Waals surface area contributed by atoms with E-state index in [1.54, 1.807) is 12.4 Å². The maximum atomic E-state index is 6.07. The van der Waals surface area contributed by atoms with Crippen molar-refractivity contribution in [1.82, 2.24) is 10.3 Å². The molecule has 3 nitrogen and oxygen atoms in total. The Labute approximate surface area is 138 Å². The zero-order valence-electron chi connectivity index (χ0n) is 12.1. The molecule has 112 valence electrons. The first-order valence-electron chi connectivity index (χ1n) is 6.82. The van der Waals surface area contributed by atoms with E-state index in [0.29, 0.717) is 16.7 Å². The number of ether oxygens (including phenoxy) is 1. The number of hydrogen-bond acceptors (Lipinski definition) is 3. The van der Waals surface area contributed by atoms with E-state index < -0.39 is 0 Å². The number of halogens is 2. The van der Waals surface area contributed by atoms with E-state index in [1.807, 2.05) is 24.3 Å². The number of pyridine rings is 1. The van der Waals surface area contributed by atoms with Crippen molar-refractivity contribution in [2.45, 2.75) is 20.4 Å². The molecule has 0 saturated carbocycles. The normalized spacial score (nSPS) is 10.9. The lowest BCUT2D eigenvalue weighted by molar-refractivity contribution is 0.467. The molecule has 0 aliphatic heterocycles. The first-order chi connectivity index (χ1) is 10.0. The minimum atomic E-state index is 0.607. The van der Waals surface area contributed by atoms with Gasteiger partial charge in [-0.05, 0) is 46.6 Å². The second-order valence-electron chi connectivity index (χ2n) is 5.22. The second kappa shape index (κ2) is 7.78. The quantitative estimate of drug-likeness (QED) is 0.775. The molecule has 0 saturated heterocycles. The van der Waals surface area contributed by atoms with Gasteiger partial charge < -0.3 is 10.1 Å².